The summed E-state index contributed by atoms with van der Waals surface area (Å²) in [5, 5.41) is 3.45. The normalized spacial score (nSPS) is 17.0. The zero-order valence-corrected chi connectivity index (χ0v) is 12.4. The molecular weight excluding hydrogens is 234 g/mol. The molecule has 1 aromatic heterocycles. The number of nitrogens with one attached hydrogen (secondary N) is 1. The van der Waals surface area contributed by atoms with Gasteiger partial charge in [0.25, 0.3) is 0 Å². The summed E-state index contributed by atoms with van der Waals surface area (Å²) in [4.78, 5) is 7.12. The standard InChI is InChI=1S/C16H27N3/c1-3-10-19(12-15-6-8-17-9-7-15)13-16-5-4-14(2)11-18-16/h4-5,11,15,17H,3,6-10,12-13H2,1-2H3. The van der Waals surface area contributed by atoms with Crippen LogP contribution in [0.3, 0.4) is 0 Å². The summed E-state index contributed by atoms with van der Waals surface area (Å²) in [7, 11) is 0. The number of aromatic nitrogens is 1. The molecule has 0 bridgehead atoms. The fraction of sp³-hybridized carbons (Fsp3) is 0.688. The Hall–Kier alpha value is -0.930. The van der Waals surface area contributed by atoms with Gasteiger partial charge in [-0.25, -0.2) is 0 Å². The third-order valence-corrected chi connectivity index (χ3v) is 3.87. The van der Waals surface area contributed by atoms with Crippen molar-refractivity contribution in [2.24, 2.45) is 5.92 Å². The number of rotatable bonds is 6. The van der Waals surface area contributed by atoms with E-state index < -0.39 is 0 Å². The lowest BCUT2D eigenvalue weighted by molar-refractivity contribution is 0.197. The molecule has 0 amide bonds. The number of nitrogens with zero attached hydrogens (tertiary/aromatic N) is 2. The molecule has 0 unspecified atom stereocenters. The molecule has 0 spiro atoms. The summed E-state index contributed by atoms with van der Waals surface area (Å²) in [5.74, 6) is 0.859. The fourth-order valence-corrected chi connectivity index (χ4v) is 2.80. The first kappa shape index (κ1) is 14.5. The van der Waals surface area contributed by atoms with Gasteiger partial charge in [-0.15, -0.1) is 0 Å². The van der Waals surface area contributed by atoms with Gasteiger partial charge >= 0.3 is 0 Å². The van der Waals surface area contributed by atoms with Crippen LogP contribution in [0.5, 0.6) is 0 Å². The van der Waals surface area contributed by atoms with Crippen LogP contribution in [0.2, 0.25) is 0 Å². The van der Waals surface area contributed by atoms with Crippen molar-refractivity contribution < 1.29 is 0 Å². The predicted molar refractivity (Wildman–Crippen MR) is 80.1 cm³/mol. The molecule has 1 saturated heterocycles. The summed E-state index contributed by atoms with van der Waals surface area (Å²) >= 11 is 0. The van der Waals surface area contributed by atoms with E-state index in [1.807, 2.05) is 6.20 Å². The summed E-state index contributed by atoms with van der Waals surface area (Å²) in [5.41, 5.74) is 2.44. The van der Waals surface area contributed by atoms with E-state index in [9.17, 15) is 0 Å². The number of piperidine rings is 1. The SMILES string of the molecule is CCCN(Cc1ccc(C)cn1)CC1CCNCC1. The molecule has 1 aromatic rings. The number of pyridine rings is 1. The third-order valence-electron chi connectivity index (χ3n) is 3.87. The minimum atomic E-state index is 0.859. The Morgan fingerprint density at radius 1 is 1.32 bits per heavy atom. The Bertz CT molecular complexity index is 355. The third kappa shape index (κ3) is 4.92. The Labute approximate surface area is 117 Å². The molecular formula is C16H27N3. The lowest BCUT2D eigenvalue weighted by Gasteiger charge is -2.29. The van der Waals surface area contributed by atoms with Crippen molar-refractivity contribution in [2.45, 2.75) is 39.7 Å². The topological polar surface area (TPSA) is 28.2 Å². The molecule has 2 rings (SSSR count). The van der Waals surface area contributed by atoms with Crippen molar-refractivity contribution >= 4 is 0 Å². The van der Waals surface area contributed by atoms with E-state index in [0.29, 0.717) is 0 Å². The first-order chi connectivity index (χ1) is 9.28. The van der Waals surface area contributed by atoms with Crippen molar-refractivity contribution in [1.82, 2.24) is 15.2 Å². The largest absolute Gasteiger partial charge is 0.317 e. The molecule has 0 saturated carbocycles. The van der Waals surface area contributed by atoms with Gasteiger partial charge in [0, 0.05) is 19.3 Å². The monoisotopic (exact) mass is 261 g/mol. The van der Waals surface area contributed by atoms with Crippen LogP contribution in [0, 0.1) is 12.8 Å². The summed E-state index contributed by atoms with van der Waals surface area (Å²) in [6.07, 6.45) is 5.84. The molecule has 1 aliphatic heterocycles. The minimum absolute atomic E-state index is 0.859. The Kier molecular flexibility index (Phi) is 5.80. The van der Waals surface area contributed by atoms with E-state index in [2.05, 4.69) is 41.2 Å². The second-order valence-corrected chi connectivity index (χ2v) is 5.76. The van der Waals surface area contributed by atoms with Gasteiger partial charge in [0.15, 0.2) is 0 Å². The van der Waals surface area contributed by atoms with Gasteiger partial charge in [-0.1, -0.05) is 13.0 Å². The van der Waals surface area contributed by atoms with Gasteiger partial charge in [-0.2, -0.15) is 0 Å². The minimum Gasteiger partial charge on any atom is -0.317 e. The average molecular weight is 261 g/mol. The van der Waals surface area contributed by atoms with Gasteiger partial charge in [0.1, 0.15) is 0 Å². The van der Waals surface area contributed by atoms with E-state index >= 15 is 0 Å². The van der Waals surface area contributed by atoms with E-state index in [-0.39, 0.29) is 0 Å². The summed E-state index contributed by atoms with van der Waals surface area (Å²) < 4.78 is 0. The van der Waals surface area contributed by atoms with Crippen LogP contribution in [-0.2, 0) is 6.54 Å². The van der Waals surface area contributed by atoms with Crippen LogP contribution in [0.15, 0.2) is 18.3 Å². The number of hydrogen-bond acceptors (Lipinski definition) is 3. The van der Waals surface area contributed by atoms with E-state index in [1.54, 1.807) is 0 Å². The maximum absolute atomic E-state index is 4.54. The molecule has 1 N–H and O–H groups in total. The molecule has 3 nitrogen and oxygen atoms in total. The van der Waals surface area contributed by atoms with Gasteiger partial charge < -0.3 is 5.32 Å². The van der Waals surface area contributed by atoms with E-state index in [1.165, 1.54) is 56.7 Å². The van der Waals surface area contributed by atoms with Crippen LogP contribution in [-0.4, -0.2) is 36.1 Å². The highest BCUT2D eigenvalue weighted by molar-refractivity contribution is 5.12. The van der Waals surface area contributed by atoms with Gasteiger partial charge in [-0.3, -0.25) is 9.88 Å². The van der Waals surface area contributed by atoms with Gasteiger partial charge in [0.05, 0.1) is 5.69 Å². The molecule has 0 radical (unpaired) electrons. The van der Waals surface area contributed by atoms with Crippen LogP contribution in [0.1, 0.15) is 37.4 Å². The molecule has 3 heteroatoms. The predicted octanol–water partition coefficient (Wildman–Crippen LogP) is 2.60. The quantitative estimate of drug-likeness (QED) is 0.853. The maximum Gasteiger partial charge on any atom is 0.0544 e. The summed E-state index contributed by atoms with van der Waals surface area (Å²) in [6.45, 7) is 10.1. The Morgan fingerprint density at radius 3 is 2.74 bits per heavy atom. The zero-order valence-electron chi connectivity index (χ0n) is 12.4. The lowest BCUT2D eigenvalue weighted by Crippen LogP contribution is -2.36. The van der Waals surface area contributed by atoms with Crippen molar-refractivity contribution in [3.63, 3.8) is 0 Å². The second-order valence-electron chi connectivity index (χ2n) is 5.76. The molecule has 1 fully saturated rings. The van der Waals surface area contributed by atoms with E-state index in [0.717, 1.165) is 12.5 Å². The number of hydrogen-bond donors (Lipinski definition) is 1. The molecule has 1 aliphatic rings. The van der Waals surface area contributed by atoms with Crippen LogP contribution in [0.25, 0.3) is 0 Å². The van der Waals surface area contributed by atoms with Crippen LogP contribution in [0.4, 0.5) is 0 Å². The molecule has 19 heavy (non-hydrogen) atoms. The first-order valence-corrected chi connectivity index (χ1v) is 7.62. The van der Waals surface area contributed by atoms with Crippen molar-refractivity contribution in [1.29, 1.82) is 0 Å². The molecule has 106 valence electrons. The van der Waals surface area contributed by atoms with Crippen molar-refractivity contribution in [3.8, 4) is 0 Å². The zero-order chi connectivity index (χ0) is 13.5. The van der Waals surface area contributed by atoms with Crippen LogP contribution < -0.4 is 5.32 Å². The van der Waals surface area contributed by atoms with Gasteiger partial charge in [0.2, 0.25) is 0 Å². The molecule has 0 atom stereocenters. The highest BCUT2D eigenvalue weighted by Gasteiger charge is 2.17. The first-order valence-electron chi connectivity index (χ1n) is 7.62. The molecule has 0 aromatic carbocycles. The average Bonchev–Trinajstić information content (AvgIpc) is 2.43. The molecule has 0 aliphatic carbocycles. The number of aryl methyl sites for hydroxylation is 1. The fourth-order valence-electron chi connectivity index (χ4n) is 2.80. The molecule has 2 heterocycles. The van der Waals surface area contributed by atoms with Crippen LogP contribution >= 0.6 is 0 Å². The smallest absolute Gasteiger partial charge is 0.0544 e. The summed E-state index contributed by atoms with van der Waals surface area (Å²) in [6, 6.07) is 4.33. The van der Waals surface area contributed by atoms with E-state index in [4.69, 9.17) is 0 Å². The Morgan fingerprint density at radius 2 is 2.11 bits per heavy atom. The highest BCUT2D eigenvalue weighted by Crippen LogP contribution is 2.15. The van der Waals surface area contributed by atoms with Crippen molar-refractivity contribution in [3.05, 3.63) is 29.6 Å². The Balaban J connectivity index is 1.89. The lowest BCUT2D eigenvalue weighted by atomic mass is 9.97. The van der Waals surface area contributed by atoms with Crippen molar-refractivity contribution in [2.75, 3.05) is 26.2 Å². The maximum atomic E-state index is 4.54. The second kappa shape index (κ2) is 7.61. The van der Waals surface area contributed by atoms with Gasteiger partial charge in [-0.05, 0) is 63.4 Å². The highest BCUT2D eigenvalue weighted by atomic mass is 15.1.